The van der Waals surface area contributed by atoms with Crippen LogP contribution < -0.4 is 10.1 Å². The maximum Gasteiger partial charge on any atom is 0.122 e. The standard InChI is InChI=1S/C17H21NO/c1-11(16-9-12-2-3-13(16)8-12)18-15-4-5-17-14(10-15)6-7-19-17/h2-5,10-13,16,18H,6-9H2,1H3. The van der Waals surface area contributed by atoms with Gasteiger partial charge in [-0.05, 0) is 61.3 Å². The second kappa shape index (κ2) is 4.29. The summed E-state index contributed by atoms with van der Waals surface area (Å²) in [4.78, 5) is 0. The van der Waals surface area contributed by atoms with Crippen molar-refractivity contribution in [3.05, 3.63) is 35.9 Å². The average molecular weight is 255 g/mol. The topological polar surface area (TPSA) is 21.3 Å². The van der Waals surface area contributed by atoms with Crippen molar-refractivity contribution < 1.29 is 4.74 Å². The lowest BCUT2D eigenvalue weighted by atomic mass is 9.87. The monoisotopic (exact) mass is 255 g/mol. The second-order valence-electron chi connectivity index (χ2n) is 6.30. The summed E-state index contributed by atoms with van der Waals surface area (Å²) in [5.41, 5.74) is 2.61. The number of fused-ring (bicyclic) bond motifs is 3. The highest BCUT2D eigenvalue weighted by molar-refractivity contribution is 5.53. The van der Waals surface area contributed by atoms with Crippen molar-refractivity contribution in [1.29, 1.82) is 0 Å². The Morgan fingerprint density at radius 3 is 3.00 bits per heavy atom. The van der Waals surface area contributed by atoms with Gasteiger partial charge in [-0.15, -0.1) is 0 Å². The minimum absolute atomic E-state index is 0.556. The van der Waals surface area contributed by atoms with Crippen LogP contribution in [0.15, 0.2) is 30.4 Å². The lowest BCUT2D eigenvalue weighted by molar-refractivity contribution is 0.357. The summed E-state index contributed by atoms with van der Waals surface area (Å²) in [6.07, 6.45) is 8.66. The number of benzene rings is 1. The Morgan fingerprint density at radius 1 is 1.26 bits per heavy atom. The van der Waals surface area contributed by atoms with Crippen LogP contribution in [0.25, 0.3) is 0 Å². The SMILES string of the molecule is CC(Nc1ccc2c(c1)CCO2)C1CC2C=CC1C2. The molecule has 1 saturated carbocycles. The Labute approximate surface area is 114 Å². The summed E-state index contributed by atoms with van der Waals surface area (Å²) >= 11 is 0. The highest BCUT2D eigenvalue weighted by atomic mass is 16.5. The number of hydrogen-bond acceptors (Lipinski definition) is 2. The number of ether oxygens (including phenoxy) is 1. The Hall–Kier alpha value is -1.44. The van der Waals surface area contributed by atoms with Crippen LogP contribution in [-0.4, -0.2) is 12.6 Å². The number of nitrogens with one attached hydrogen (secondary N) is 1. The van der Waals surface area contributed by atoms with E-state index in [9.17, 15) is 0 Å². The minimum atomic E-state index is 0.556. The first kappa shape index (κ1) is 11.4. The van der Waals surface area contributed by atoms with Gasteiger partial charge in [0.1, 0.15) is 5.75 Å². The normalized spacial score (nSPS) is 32.2. The molecule has 2 aliphatic carbocycles. The highest BCUT2D eigenvalue weighted by Crippen LogP contribution is 2.45. The highest BCUT2D eigenvalue weighted by Gasteiger charge is 2.38. The molecule has 2 nitrogen and oxygen atoms in total. The molecule has 1 N–H and O–H groups in total. The first-order valence-corrected chi connectivity index (χ1v) is 7.50. The molecule has 1 fully saturated rings. The number of rotatable bonds is 3. The van der Waals surface area contributed by atoms with Crippen LogP contribution in [0.3, 0.4) is 0 Å². The van der Waals surface area contributed by atoms with Crippen LogP contribution in [0, 0.1) is 17.8 Å². The molecule has 100 valence electrons. The van der Waals surface area contributed by atoms with E-state index in [2.05, 4.69) is 42.6 Å². The van der Waals surface area contributed by atoms with Crippen molar-refractivity contribution in [2.45, 2.75) is 32.2 Å². The average Bonchev–Trinajstić information content (AvgIpc) is 3.13. The first-order chi connectivity index (χ1) is 9.29. The molecule has 0 spiro atoms. The maximum absolute atomic E-state index is 5.56. The fourth-order valence-corrected chi connectivity index (χ4v) is 4.04. The van der Waals surface area contributed by atoms with E-state index >= 15 is 0 Å². The molecule has 4 atom stereocenters. The third kappa shape index (κ3) is 1.94. The van der Waals surface area contributed by atoms with Crippen LogP contribution in [0.4, 0.5) is 5.69 Å². The van der Waals surface area contributed by atoms with Gasteiger partial charge in [0.25, 0.3) is 0 Å². The number of hydrogen-bond donors (Lipinski definition) is 1. The zero-order valence-corrected chi connectivity index (χ0v) is 11.4. The van der Waals surface area contributed by atoms with E-state index in [0.717, 1.165) is 36.5 Å². The van der Waals surface area contributed by atoms with Crippen molar-refractivity contribution in [3.8, 4) is 5.75 Å². The fourth-order valence-electron chi connectivity index (χ4n) is 4.04. The van der Waals surface area contributed by atoms with E-state index in [1.54, 1.807) is 0 Å². The molecular formula is C17H21NO. The van der Waals surface area contributed by atoms with Crippen molar-refractivity contribution >= 4 is 5.69 Å². The molecule has 0 radical (unpaired) electrons. The smallest absolute Gasteiger partial charge is 0.122 e. The lowest BCUT2D eigenvalue weighted by Crippen LogP contribution is -2.28. The Bertz CT molecular complexity index is 522. The Balaban J connectivity index is 1.48. The minimum Gasteiger partial charge on any atom is -0.493 e. The van der Waals surface area contributed by atoms with Gasteiger partial charge >= 0.3 is 0 Å². The Morgan fingerprint density at radius 2 is 2.21 bits per heavy atom. The van der Waals surface area contributed by atoms with Gasteiger partial charge in [-0.1, -0.05) is 12.2 Å². The van der Waals surface area contributed by atoms with E-state index in [0.29, 0.717) is 6.04 Å². The zero-order chi connectivity index (χ0) is 12.8. The number of allylic oxidation sites excluding steroid dienone is 2. The molecule has 4 rings (SSSR count). The fraction of sp³-hybridized carbons (Fsp3) is 0.529. The molecule has 3 aliphatic rings. The summed E-state index contributed by atoms with van der Waals surface area (Å²) in [5, 5.41) is 3.71. The summed E-state index contributed by atoms with van der Waals surface area (Å²) in [7, 11) is 0. The second-order valence-corrected chi connectivity index (χ2v) is 6.30. The Kier molecular flexibility index (Phi) is 2.57. The molecule has 1 heterocycles. The van der Waals surface area contributed by atoms with E-state index in [4.69, 9.17) is 4.74 Å². The van der Waals surface area contributed by atoms with Gasteiger partial charge < -0.3 is 10.1 Å². The molecule has 1 aromatic rings. The largest absolute Gasteiger partial charge is 0.493 e. The number of anilines is 1. The van der Waals surface area contributed by atoms with Crippen molar-refractivity contribution in [2.75, 3.05) is 11.9 Å². The molecule has 0 saturated heterocycles. The van der Waals surface area contributed by atoms with E-state index in [-0.39, 0.29) is 0 Å². The quantitative estimate of drug-likeness (QED) is 0.833. The van der Waals surface area contributed by atoms with Crippen LogP contribution in [0.1, 0.15) is 25.3 Å². The predicted molar refractivity (Wildman–Crippen MR) is 77.6 cm³/mol. The molecule has 2 bridgehead atoms. The molecule has 0 aromatic heterocycles. The van der Waals surface area contributed by atoms with Crippen LogP contribution in [-0.2, 0) is 6.42 Å². The van der Waals surface area contributed by atoms with E-state index < -0.39 is 0 Å². The third-order valence-corrected chi connectivity index (χ3v) is 5.06. The first-order valence-electron chi connectivity index (χ1n) is 7.50. The molecular weight excluding hydrogens is 234 g/mol. The molecule has 2 heteroatoms. The van der Waals surface area contributed by atoms with E-state index in [1.165, 1.54) is 24.1 Å². The van der Waals surface area contributed by atoms with Gasteiger partial charge in [-0.3, -0.25) is 0 Å². The zero-order valence-electron chi connectivity index (χ0n) is 11.4. The van der Waals surface area contributed by atoms with Crippen molar-refractivity contribution in [1.82, 2.24) is 0 Å². The third-order valence-electron chi connectivity index (χ3n) is 5.06. The van der Waals surface area contributed by atoms with Crippen LogP contribution in [0.5, 0.6) is 5.75 Å². The van der Waals surface area contributed by atoms with Crippen LogP contribution >= 0.6 is 0 Å². The van der Waals surface area contributed by atoms with E-state index in [1.807, 2.05) is 0 Å². The van der Waals surface area contributed by atoms with Crippen molar-refractivity contribution in [3.63, 3.8) is 0 Å². The van der Waals surface area contributed by atoms with Gasteiger partial charge in [-0.2, -0.15) is 0 Å². The molecule has 4 unspecified atom stereocenters. The summed E-state index contributed by atoms with van der Waals surface area (Å²) < 4.78 is 5.56. The van der Waals surface area contributed by atoms with Gasteiger partial charge in [0, 0.05) is 18.2 Å². The molecule has 19 heavy (non-hydrogen) atoms. The van der Waals surface area contributed by atoms with Gasteiger partial charge in [0.15, 0.2) is 0 Å². The summed E-state index contributed by atoms with van der Waals surface area (Å²) in [6.45, 7) is 3.18. The van der Waals surface area contributed by atoms with Crippen molar-refractivity contribution in [2.24, 2.45) is 17.8 Å². The molecule has 1 aromatic carbocycles. The van der Waals surface area contributed by atoms with Gasteiger partial charge in [0.05, 0.1) is 6.61 Å². The molecule has 0 amide bonds. The summed E-state index contributed by atoms with van der Waals surface area (Å²) in [5.74, 6) is 3.54. The summed E-state index contributed by atoms with van der Waals surface area (Å²) in [6, 6.07) is 7.09. The van der Waals surface area contributed by atoms with Gasteiger partial charge in [0.2, 0.25) is 0 Å². The maximum atomic E-state index is 5.56. The van der Waals surface area contributed by atoms with Gasteiger partial charge in [-0.25, -0.2) is 0 Å². The molecule has 1 aliphatic heterocycles. The lowest BCUT2D eigenvalue weighted by Gasteiger charge is -2.27. The van der Waals surface area contributed by atoms with Crippen LogP contribution in [0.2, 0.25) is 0 Å². The predicted octanol–water partition coefficient (Wildman–Crippen LogP) is 3.63.